The Morgan fingerprint density at radius 1 is 0.875 bits per heavy atom. The quantitative estimate of drug-likeness (QED) is 0.283. The molecule has 2 aliphatic carbocycles. The van der Waals surface area contributed by atoms with Gasteiger partial charge in [-0.15, -0.1) is 0 Å². The standard InChI is InChI=1S/C30H51NO9/c1-28(2,3)31-26(35)37-21-12-10-11-19(32)13-18(14-21)22-15-20(33)16-25(39-29(4,5)6)23(34)17-24(22)38-27(36)40-30(7,8)9/h10,12,15,18-21,23-25,32-34H,11,13-14,16-17H2,1-9H3,(H,31,35)/b12-10+,22-15+. The summed E-state index contributed by atoms with van der Waals surface area (Å²) < 4.78 is 22.9. The van der Waals surface area contributed by atoms with Gasteiger partial charge >= 0.3 is 12.2 Å². The van der Waals surface area contributed by atoms with Crippen molar-refractivity contribution in [2.45, 2.75) is 148 Å². The topological polar surface area (TPSA) is 144 Å². The first kappa shape index (κ1) is 34.1. The minimum absolute atomic E-state index is 0.00296. The van der Waals surface area contributed by atoms with Crippen LogP contribution in [0.3, 0.4) is 0 Å². The maximum absolute atomic E-state index is 12.8. The zero-order chi connectivity index (χ0) is 30.5. The van der Waals surface area contributed by atoms with Crippen molar-refractivity contribution in [1.82, 2.24) is 5.32 Å². The second kappa shape index (κ2) is 13.7. The van der Waals surface area contributed by atoms with Crippen LogP contribution in [0.5, 0.6) is 0 Å². The zero-order valence-electron chi connectivity index (χ0n) is 25.6. The SMILES string of the molecule is CC(C)(C)NC(=O)OC1/C=C/CC(O)CC(/C2=C\C(O)CC(OC(C)(C)C)C(O)CC2OC(=O)OC(C)(C)C)C1. The molecule has 1 amide bonds. The van der Waals surface area contributed by atoms with Crippen LogP contribution in [0.4, 0.5) is 9.59 Å². The molecule has 0 aromatic heterocycles. The van der Waals surface area contributed by atoms with E-state index in [0.29, 0.717) is 12.0 Å². The summed E-state index contributed by atoms with van der Waals surface area (Å²) in [5, 5.41) is 35.7. The number of alkyl carbamates (subject to hydrolysis) is 1. The summed E-state index contributed by atoms with van der Waals surface area (Å²) in [5.41, 5.74) is -1.34. The van der Waals surface area contributed by atoms with Gasteiger partial charge in [-0.05, 0) is 99.1 Å². The van der Waals surface area contributed by atoms with Crippen LogP contribution in [-0.2, 0) is 18.9 Å². The lowest BCUT2D eigenvalue weighted by molar-refractivity contribution is -0.132. The molecule has 10 nitrogen and oxygen atoms in total. The lowest BCUT2D eigenvalue weighted by Gasteiger charge is -2.38. The molecule has 7 atom stereocenters. The largest absolute Gasteiger partial charge is 0.509 e. The minimum atomic E-state index is -1.06. The summed E-state index contributed by atoms with van der Waals surface area (Å²) >= 11 is 0. The average molecular weight is 570 g/mol. The number of rotatable bonds is 4. The van der Waals surface area contributed by atoms with E-state index in [1.807, 2.05) is 41.5 Å². The summed E-state index contributed by atoms with van der Waals surface area (Å²) in [6.45, 7) is 16.3. The molecular formula is C30H51NO9. The average Bonchev–Trinajstić information content (AvgIpc) is 2.70. The molecule has 4 N–H and O–H groups in total. The fraction of sp³-hybridized carbons (Fsp3) is 0.800. The number of hydrogen-bond donors (Lipinski definition) is 4. The number of amides is 1. The second-order valence-corrected chi connectivity index (χ2v) is 13.9. The summed E-state index contributed by atoms with van der Waals surface area (Å²) in [7, 11) is 0. The molecule has 2 rings (SSSR count). The Labute approximate surface area is 239 Å². The van der Waals surface area contributed by atoms with Crippen LogP contribution >= 0.6 is 0 Å². The number of carbonyl (C=O) groups excluding carboxylic acids is 2. The van der Waals surface area contributed by atoms with Gasteiger partial charge in [-0.25, -0.2) is 9.59 Å². The van der Waals surface area contributed by atoms with Crippen molar-refractivity contribution >= 4 is 12.2 Å². The van der Waals surface area contributed by atoms with E-state index in [-0.39, 0.29) is 25.7 Å². The molecule has 2 aliphatic rings. The van der Waals surface area contributed by atoms with E-state index >= 15 is 0 Å². The Hall–Kier alpha value is -2.14. The minimum Gasteiger partial charge on any atom is -0.442 e. The van der Waals surface area contributed by atoms with Gasteiger partial charge in [-0.2, -0.15) is 0 Å². The molecule has 0 saturated heterocycles. The first-order valence-electron chi connectivity index (χ1n) is 14.2. The van der Waals surface area contributed by atoms with E-state index in [1.54, 1.807) is 39.0 Å². The van der Waals surface area contributed by atoms with Gasteiger partial charge in [-0.3, -0.25) is 0 Å². The molecule has 0 aliphatic heterocycles. The number of nitrogens with one attached hydrogen (secondary N) is 1. The smallest absolute Gasteiger partial charge is 0.442 e. The third-order valence-corrected chi connectivity index (χ3v) is 6.29. The molecule has 0 aromatic carbocycles. The number of aliphatic hydroxyl groups excluding tert-OH is 3. The summed E-state index contributed by atoms with van der Waals surface area (Å²) in [6, 6.07) is 0. The highest BCUT2D eigenvalue weighted by Crippen LogP contribution is 2.36. The van der Waals surface area contributed by atoms with Gasteiger partial charge in [0, 0.05) is 18.4 Å². The lowest BCUT2D eigenvalue weighted by atomic mass is 9.79. The van der Waals surface area contributed by atoms with Crippen molar-refractivity contribution < 1.29 is 43.9 Å². The first-order valence-corrected chi connectivity index (χ1v) is 14.2. The Morgan fingerprint density at radius 3 is 2.10 bits per heavy atom. The third kappa shape index (κ3) is 12.6. The molecule has 0 aromatic rings. The van der Waals surface area contributed by atoms with E-state index in [4.69, 9.17) is 18.9 Å². The molecule has 0 radical (unpaired) electrons. The van der Waals surface area contributed by atoms with E-state index < -0.39 is 71.5 Å². The van der Waals surface area contributed by atoms with E-state index in [0.717, 1.165) is 0 Å². The maximum Gasteiger partial charge on any atom is 0.509 e. The zero-order valence-corrected chi connectivity index (χ0v) is 25.6. The normalized spacial score (nSPS) is 32.7. The predicted octanol–water partition coefficient (Wildman–Crippen LogP) is 4.54. The molecule has 0 spiro atoms. The molecule has 0 bridgehead atoms. The molecular weight excluding hydrogens is 518 g/mol. The second-order valence-electron chi connectivity index (χ2n) is 13.9. The summed E-state index contributed by atoms with van der Waals surface area (Å²) in [5.74, 6) is -0.443. The Bertz CT molecular complexity index is 910. The number of hydrogen-bond acceptors (Lipinski definition) is 9. The van der Waals surface area contributed by atoms with Crippen LogP contribution in [0, 0.1) is 5.92 Å². The van der Waals surface area contributed by atoms with Gasteiger partial charge in [-0.1, -0.05) is 12.2 Å². The highest BCUT2D eigenvalue weighted by atomic mass is 16.7. The van der Waals surface area contributed by atoms with Crippen molar-refractivity contribution in [1.29, 1.82) is 0 Å². The summed E-state index contributed by atoms with van der Waals surface area (Å²) in [6.07, 6.45) is -0.446. The van der Waals surface area contributed by atoms with Gasteiger partial charge in [0.1, 0.15) is 17.8 Å². The number of carbonyl (C=O) groups is 2. The molecule has 0 saturated carbocycles. The summed E-state index contributed by atoms with van der Waals surface area (Å²) in [4.78, 5) is 25.4. The van der Waals surface area contributed by atoms with Crippen LogP contribution in [-0.4, -0.2) is 80.9 Å². The molecule has 0 fully saturated rings. The Kier molecular flexibility index (Phi) is 11.7. The van der Waals surface area contributed by atoms with Crippen LogP contribution in [0.25, 0.3) is 0 Å². The monoisotopic (exact) mass is 569 g/mol. The van der Waals surface area contributed by atoms with Crippen molar-refractivity contribution in [3.05, 3.63) is 23.8 Å². The van der Waals surface area contributed by atoms with Crippen LogP contribution < -0.4 is 5.32 Å². The fourth-order valence-corrected chi connectivity index (χ4v) is 4.89. The van der Waals surface area contributed by atoms with Crippen LogP contribution in [0.1, 0.15) is 94.4 Å². The van der Waals surface area contributed by atoms with E-state index in [9.17, 15) is 24.9 Å². The van der Waals surface area contributed by atoms with Crippen molar-refractivity contribution in [3.63, 3.8) is 0 Å². The van der Waals surface area contributed by atoms with Crippen molar-refractivity contribution in [3.8, 4) is 0 Å². The Balaban J connectivity index is 2.44. The number of ether oxygens (including phenoxy) is 4. The third-order valence-electron chi connectivity index (χ3n) is 6.29. The molecule has 7 unspecified atom stereocenters. The highest BCUT2D eigenvalue weighted by molar-refractivity contribution is 5.68. The van der Waals surface area contributed by atoms with E-state index in [1.165, 1.54) is 0 Å². The molecule has 10 heteroatoms. The maximum atomic E-state index is 12.8. The molecule has 230 valence electrons. The first-order chi connectivity index (χ1) is 18.2. The molecule has 0 heterocycles. The van der Waals surface area contributed by atoms with Crippen LogP contribution in [0.15, 0.2) is 23.8 Å². The van der Waals surface area contributed by atoms with Gasteiger partial charge in [0.15, 0.2) is 0 Å². The fourth-order valence-electron chi connectivity index (χ4n) is 4.89. The van der Waals surface area contributed by atoms with Crippen molar-refractivity contribution in [2.24, 2.45) is 5.92 Å². The highest BCUT2D eigenvalue weighted by Gasteiger charge is 2.39. The van der Waals surface area contributed by atoms with Gasteiger partial charge in [0.05, 0.1) is 30.0 Å². The lowest BCUT2D eigenvalue weighted by Crippen LogP contribution is -2.44. The van der Waals surface area contributed by atoms with Gasteiger partial charge < -0.3 is 39.6 Å². The van der Waals surface area contributed by atoms with Crippen molar-refractivity contribution in [2.75, 3.05) is 0 Å². The predicted molar refractivity (Wildman–Crippen MR) is 151 cm³/mol. The van der Waals surface area contributed by atoms with Crippen LogP contribution in [0.2, 0.25) is 0 Å². The van der Waals surface area contributed by atoms with E-state index in [2.05, 4.69) is 5.32 Å². The van der Waals surface area contributed by atoms with Gasteiger partial charge in [0.25, 0.3) is 0 Å². The van der Waals surface area contributed by atoms with Gasteiger partial charge in [0.2, 0.25) is 0 Å². The molecule has 40 heavy (non-hydrogen) atoms. The number of aliphatic hydroxyl groups is 3. The Morgan fingerprint density at radius 2 is 1.52 bits per heavy atom.